The minimum atomic E-state index is -0.502. The largest absolute Gasteiger partial charge is 0.490 e. The smallest absolute Gasteiger partial charge is 0.363 e. The monoisotopic (exact) mass is 557 g/mol. The van der Waals surface area contributed by atoms with Gasteiger partial charge in [-0.25, -0.2) is 14.2 Å². The van der Waals surface area contributed by atoms with E-state index in [0.29, 0.717) is 24.0 Å². The minimum Gasteiger partial charge on any atom is -0.490 e. The zero-order valence-corrected chi connectivity index (χ0v) is 20.3. The third-order valence-corrected chi connectivity index (χ3v) is 5.73. The molecule has 0 N–H and O–H groups in total. The van der Waals surface area contributed by atoms with Crippen molar-refractivity contribution in [3.8, 4) is 11.5 Å². The first-order valence-corrected chi connectivity index (χ1v) is 11.4. The Morgan fingerprint density at radius 1 is 1.09 bits per heavy atom. The van der Waals surface area contributed by atoms with Crippen LogP contribution >= 0.6 is 22.6 Å². The van der Waals surface area contributed by atoms with Crippen molar-refractivity contribution in [2.24, 2.45) is 4.99 Å². The number of esters is 1. The highest BCUT2D eigenvalue weighted by atomic mass is 127. The number of ether oxygens (including phenoxy) is 3. The molecule has 3 aromatic carbocycles. The summed E-state index contributed by atoms with van der Waals surface area (Å²) in [5.41, 5.74) is 3.54. The topological polar surface area (TPSA) is 57.1 Å². The molecule has 0 spiro atoms. The van der Waals surface area contributed by atoms with Crippen LogP contribution in [0.4, 0.5) is 4.39 Å². The zero-order valence-electron chi connectivity index (χ0n) is 18.1. The van der Waals surface area contributed by atoms with E-state index in [1.807, 2.05) is 44.2 Å². The molecule has 0 saturated heterocycles. The molecule has 0 saturated carbocycles. The average Bonchev–Trinajstić information content (AvgIpc) is 3.15. The Hall–Kier alpha value is -3.20. The molecule has 0 aliphatic carbocycles. The van der Waals surface area contributed by atoms with Gasteiger partial charge in [0, 0.05) is 5.56 Å². The van der Waals surface area contributed by atoms with Gasteiger partial charge >= 0.3 is 5.97 Å². The maximum atomic E-state index is 13.1. The summed E-state index contributed by atoms with van der Waals surface area (Å²) < 4.78 is 31.1. The second-order valence-electron chi connectivity index (χ2n) is 7.33. The second-order valence-corrected chi connectivity index (χ2v) is 8.49. The number of halogens is 2. The van der Waals surface area contributed by atoms with Gasteiger partial charge in [0.2, 0.25) is 5.90 Å². The van der Waals surface area contributed by atoms with Gasteiger partial charge in [0.05, 0.1) is 10.2 Å². The van der Waals surface area contributed by atoms with Gasteiger partial charge in [0.1, 0.15) is 12.4 Å². The van der Waals surface area contributed by atoms with Crippen LogP contribution in [0.25, 0.3) is 6.08 Å². The highest BCUT2D eigenvalue weighted by Crippen LogP contribution is 2.36. The molecule has 3 aromatic rings. The first-order valence-electron chi connectivity index (χ1n) is 10.4. The van der Waals surface area contributed by atoms with E-state index in [2.05, 4.69) is 27.6 Å². The van der Waals surface area contributed by atoms with E-state index in [-0.39, 0.29) is 18.1 Å². The summed E-state index contributed by atoms with van der Waals surface area (Å²) in [5, 5.41) is 0. The van der Waals surface area contributed by atoms with E-state index >= 15 is 0 Å². The Kier molecular flexibility index (Phi) is 7.08. The molecular weight excluding hydrogens is 536 g/mol. The van der Waals surface area contributed by atoms with E-state index in [0.717, 1.165) is 25.8 Å². The lowest BCUT2D eigenvalue weighted by atomic mass is 10.1. The maximum absolute atomic E-state index is 13.1. The van der Waals surface area contributed by atoms with E-state index in [4.69, 9.17) is 14.2 Å². The lowest BCUT2D eigenvalue weighted by Gasteiger charge is -2.15. The molecular formula is C26H21FINO4. The average molecular weight is 557 g/mol. The maximum Gasteiger partial charge on any atom is 0.363 e. The molecule has 1 heterocycles. The summed E-state index contributed by atoms with van der Waals surface area (Å²) in [6, 6.07) is 17.4. The van der Waals surface area contributed by atoms with Crippen molar-refractivity contribution >= 4 is 40.5 Å². The Bertz CT molecular complexity index is 1250. The van der Waals surface area contributed by atoms with E-state index in [1.54, 1.807) is 24.3 Å². The fourth-order valence-corrected chi connectivity index (χ4v) is 4.09. The van der Waals surface area contributed by atoms with Gasteiger partial charge in [-0.1, -0.05) is 30.3 Å². The van der Waals surface area contributed by atoms with Gasteiger partial charge in [-0.3, -0.25) is 0 Å². The molecule has 0 bridgehead atoms. The number of hydrogen-bond acceptors (Lipinski definition) is 5. The van der Waals surface area contributed by atoms with Crippen LogP contribution in [0, 0.1) is 16.3 Å². The van der Waals surface area contributed by atoms with Crippen LogP contribution in [0.1, 0.15) is 29.2 Å². The lowest BCUT2D eigenvalue weighted by molar-refractivity contribution is -0.129. The molecule has 1 aliphatic rings. The van der Waals surface area contributed by atoms with Gasteiger partial charge < -0.3 is 14.2 Å². The highest BCUT2D eigenvalue weighted by molar-refractivity contribution is 14.1. The number of hydrogen-bond donors (Lipinski definition) is 0. The van der Waals surface area contributed by atoms with Crippen LogP contribution in [0.5, 0.6) is 11.5 Å². The Labute approximate surface area is 205 Å². The quantitative estimate of drug-likeness (QED) is 0.201. The molecule has 0 radical (unpaired) electrons. The molecule has 168 valence electrons. The lowest BCUT2D eigenvalue weighted by Crippen LogP contribution is -2.06. The number of carbonyl (C=O) groups is 1. The van der Waals surface area contributed by atoms with Crippen molar-refractivity contribution in [3.05, 3.63) is 98.0 Å². The molecule has 0 aromatic heterocycles. The van der Waals surface area contributed by atoms with Crippen molar-refractivity contribution < 1.29 is 23.4 Å². The Morgan fingerprint density at radius 2 is 1.85 bits per heavy atom. The number of benzene rings is 3. The Morgan fingerprint density at radius 3 is 2.58 bits per heavy atom. The predicted molar refractivity (Wildman–Crippen MR) is 133 cm³/mol. The van der Waals surface area contributed by atoms with Crippen LogP contribution in [0.15, 0.2) is 71.4 Å². The Balaban J connectivity index is 1.61. The van der Waals surface area contributed by atoms with Crippen molar-refractivity contribution in [2.45, 2.75) is 20.5 Å². The number of aryl methyl sites for hydroxylation is 1. The van der Waals surface area contributed by atoms with Crippen LogP contribution in [0.2, 0.25) is 0 Å². The summed E-state index contributed by atoms with van der Waals surface area (Å²) in [4.78, 5) is 16.8. The number of aliphatic imine (C=N–C) groups is 1. The number of cyclic esters (lactones) is 1. The number of nitrogens with zero attached hydrogens (tertiary/aromatic N) is 1. The first kappa shape index (κ1) is 23.0. The van der Waals surface area contributed by atoms with Crippen molar-refractivity contribution in [1.82, 2.24) is 0 Å². The molecule has 7 heteroatoms. The first-order chi connectivity index (χ1) is 15.9. The zero-order chi connectivity index (χ0) is 23.4. The van der Waals surface area contributed by atoms with Gasteiger partial charge in [-0.15, -0.1) is 0 Å². The summed E-state index contributed by atoms with van der Waals surface area (Å²) in [5.74, 6) is 0.635. The van der Waals surface area contributed by atoms with Crippen LogP contribution in [0.3, 0.4) is 0 Å². The van der Waals surface area contributed by atoms with Crippen LogP contribution in [-0.4, -0.2) is 18.5 Å². The minimum absolute atomic E-state index is 0.214. The van der Waals surface area contributed by atoms with E-state index in [9.17, 15) is 9.18 Å². The van der Waals surface area contributed by atoms with E-state index < -0.39 is 5.97 Å². The summed E-state index contributed by atoms with van der Waals surface area (Å²) in [6.45, 7) is 4.54. The molecule has 4 rings (SSSR count). The van der Waals surface area contributed by atoms with Gasteiger partial charge in [-0.2, -0.15) is 0 Å². The van der Waals surface area contributed by atoms with Crippen molar-refractivity contribution in [3.63, 3.8) is 0 Å². The van der Waals surface area contributed by atoms with Crippen molar-refractivity contribution in [1.29, 1.82) is 0 Å². The second kappa shape index (κ2) is 10.2. The van der Waals surface area contributed by atoms with Crippen molar-refractivity contribution in [2.75, 3.05) is 6.61 Å². The molecule has 5 nitrogen and oxygen atoms in total. The molecule has 0 atom stereocenters. The molecule has 0 fully saturated rings. The molecule has 33 heavy (non-hydrogen) atoms. The predicted octanol–water partition coefficient (Wildman–Crippen LogP) is 6.06. The summed E-state index contributed by atoms with van der Waals surface area (Å²) in [7, 11) is 0. The summed E-state index contributed by atoms with van der Waals surface area (Å²) >= 11 is 2.16. The number of carbonyl (C=O) groups excluding carboxylic acids is 1. The fraction of sp³-hybridized carbons (Fsp3) is 0.154. The third-order valence-electron chi connectivity index (χ3n) is 4.93. The normalized spacial score (nSPS) is 14.2. The van der Waals surface area contributed by atoms with Gasteiger partial charge in [0.15, 0.2) is 17.2 Å². The fourth-order valence-electron chi connectivity index (χ4n) is 3.31. The van der Waals surface area contributed by atoms with Gasteiger partial charge in [0.25, 0.3) is 0 Å². The standard InChI is InChI=1S/C26H21FINO4/c1-3-31-23-14-18(12-21(28)24(23)32-15-17-8-10-19(27)11-9-17)13-22-26(30)33-25(29-22)20-7-5-4-6-16(20)2/h4-14H,3,15H2,1-2H3/b22-13-. The van der Waals surface area contributed by atoms with Gasteiger partial charge in [-0.05, 0) is 89.5 Å². The van der Waals surface area contributed by atoms with E-state index in [1.165, 1.54) is 12.1 Å². The molecule has 0 unspecified atom stereocenters. The molecule has 1 aliphatic heterocycles. The summed E-state index contributed by atoms with van der Waals surface area (Å²) in [6.07, 6.45) is 1.67. The highest BCUT2D eigenvalue weighted by Gasteiger charge is 2.25. The van der Waals surface area contributed by atoms with Crippen LogP contribution < -0.4 is 9.47 Å². The molecule has 0 amide bonds. The number of rotatable bonds is 7. The van der Waals surface area contributed by atoms with Crippen LogP contribution in [-0.2, 0) is 16.1 Å². The SMILES string of the molecule is CCOc1cc(/C=C2\N=C(c3ccccc3C)OC2=O)cc(I)c1OCc1ccc(F)cc1. The third kappa shape index (κ3) is 5.42.